The summed E-state index contributed by atoms with van der Waals surface area (Å²) < 4.78 is 5.83. The van der Waals surface area contributed by atoms with E-state index in [9.17, 15) is 14.9 Å². The number of anilines is 1. The Hall–Kier alpha value is -2.90. The Balaban J connectivity index is 1.76. The molecule has 0 aliphatic rings. The van der Waals surface area contributed by atoms with Crippen molar-refractivity contribution in [2.75, 3.05) is 25.6 Å². The first-order valence-electron chi connectivity index (χ1n) is 9.02. The molecule has 3 rings (SSSR count). The van der Waals surface area contributed by atoms with Crippen LogP contribution in [0.4, 0.5) is 16.4 Å². The Morgan fingerprint density at radius 3 is 2.66 bits per heavy atom. The molecular formula is C16H18Cl3N9O4. The van der Waals surface area contributed by atoms with Crippen molar-refractivity contribution in [1.82, 2.24) is 34.4 Å². The van der Waals surface area contributed by atoms with E-state index >= 15 is 0 Å². The van der Waals surface area contributed by atoms with Crippen molar-refractivity contribution in [3.8, 4) is 0 Å². The number of ether oxygens (including phenoxy) is 1. The second-order valence-electron chi connectivity index (χ2n) is 6.71. The quantitative estimate of drug-likeness (QED) is 0.290. The molecule has 32 heavy (non-hydrogen) atoms. The number of alkyl halides is 3. The van der Waals surface area contributed by atoms with Gasteiger partial charge in [-0.2, -0.15) is 0 Å². The molecule has 0 bridgehead atoms. The van der Waals surface area contributed by atoms with Gasteiger partial charge in [0.25, 0.3) is 0 Å². The summed E-state index contributed by atoms with van der Waals surface area (Å²) in [7, 11) is 3.57. The molecule has 0 aliphatic carbocycles. The van der Waals surface area contributed by atoms with E-state index in [0.717, 1.165) is 6.20 Å². The number of aryl methyl sites for hydroxylation is 1. The number of fused-ring (bicyclic) bond motifs is 1. The van der Waals surface area contributed by atoms with Crippen LogP contribution < -0.4 is 10.2 Å². The SMILES string of the molecule is Cc1ncc([N+](=O)[O-])n1CCOC(=O)NC(n1cnc2c(N(C)C)ncnc21)C(Cl)(Cl)Cl. The van der Waals surface area contributed by atoms with Gasteiger partial charge < -0.3 is 19.8 Å². The number of nitrogens with zero attached hydrogens (tertiary/aromatic N) is 8. The predicted octanol–water partition coefficient (Wildman–Crippen LogP) is 2.60. The fraction of sp³-hybridized carbons (Fsp3) is 0.438. The van der Waals surface area contributed by atoms with Gasteiger partial charge >= 0.3 is 11.9 Å². The lowest BCUT2D eigenvalue weighted by Gasteiger charge is -2.26. The summed E-state index contributed by atoms with van der Waals surface area (Å²) in [5.74, 6) is 0.727. The molecule has 3 aromatic heterocycles. The number of hydrogen-bond donors (Lipinski definition) is 1. The largest absolute Gasteiger partial charge is 0.445 e. The fourth-order valence-corrected chi connectivity index (χ4v) is 3.41. The number of nitro groups is 1. The van der Waals surface area contributed by atoms with Crippen molar-refractivity contribution >= 4 is 63.7 Å². The van der Waals surface area contributed by atoms with E-state index in [1.54, 1.807) is 25.9 Å². The first kappa shape index (κ1) is 23.8. The van der Waals surface area contributed by atoms with Gasteiger partial charge in [-0.25, -0.2) is 29.3 Å². The van der Waals surface area contributed by atoms with Crippen molar-refractivity contribution in [2.45, 2.75) is 23.4 Å². The van der Waals surface area contributed by atoms with Gasteiger partial charge in [-0.1, -0.05) is 34.8 Å². The van der Waals surface area contributed by atoms with Gasteiger partial charge in [0.1, 0.15) is 25.7 Å². The lowest BCUT2D eigenvalue weighted by atomic mass is 10.4. The Bertz CT molecular complexity index is 1140. The van der Waals surface area contributed by atoms with E-state index in [0.29, 0.717) is 22.8 Å². The van der Waals surface area contributed by atoms with Crippen LogP contribution in [0.25, 0.3) is 11.2 Å². The number of carbonyl (C=O) groups is 1. The minimum atomic E-state index is -1.99. The molecule has 0 saturated carbocycles. The Morgan fingerprint density at radius 2 is 2.03 bits per heavy atom. The van der Waals surface area contributed by atoms with Gasteiger partial charge in [-0.15, -0.1) is 0 Å². The average molecular weight is 507 g/mol. The molecule has 172 valence electrons. The van der Waals surface area contributed by atoms with Gasteiger partial charge in [-0.3, -0.25) is 9.88 Å². The van der Waals surface area contributed by atoms with Gasteiger partial charge in [0.15, 0.2) is 29.0 Å². The van der Waals surface area contributed by atoms with Crippen LogP contribution in [0.1, 0.15) is 12.0 Å². The molecule has 1 amide bonds. The van der Waals surface area contributed by atoms with E-state index in [4.69, 9.17) is 39.5 Å². The number of carbonyl (C=O) groups excluding carboxylic acids is 1. The third-order valence-corrected chi connectivity index (χ3v) is 5.00. The third-order valence-electron chi connectivity index (χ3n) is 4.37. The van der Waals surface area contributed by atoms with Crippen molar-refractivity contribution in [1.29, 1.82) is 0 Å². The van der Waals surface area contributed by atoms with E-state index in [-0.39, 0.29) is 19.0 Å². The van der Waals surface area contributed by atoms with Crippen LogP contribution in [-0.2, 0) is 11.3 Å². The maximum absolute atomic E-state index is 12.4. The molecule has 0 fully saturated rings. The van der Waals surface area contributed by atoms with Gasteiger partial charge in [-0.05, 0) is 4.92 Å². The average Bonchev–Trinajstić information content (AvgIpc) is 3.29. The van der Waals surface area contributed by atoms with Gasteiger partial charge in [0.05, 0.1) is 6.33 Å². The van der Waals surface area contributed by atoms with Crippen molar-refractivity contribution < 1.29 is 14.5 Å². The second kappa shape index (κ2) is 9.30. The maximum atomic E-state index is 12.4. The van der Waals surface area contributed by atoms with Crippen LogP contribution >= 0.6 is 34.8 Å². The Morgan fingerprint density at radius 1 is 1.31 bits per heavy atom. The highest BCUT2D eigenvalue weighted by molar-refractivity contribution is 6.68. The number of aromatic nitrogens is 6. The lowest BCUT2D eigenvalue weighted by molar-refractivity contribution is -0.392. The zero-order valence-electron chi connectivity index (χ0n) is 17.1. The predicted molar refractivity (Wildman–Crippen MR) is 117 cm³/mol. The first-order valence-corrected chi connectivity index (χ1v) is 10.2. The molecule has 0 spiro atoms. The molecule has 1 atom stereocenters. The van der Waals surface area contributed by atoms with Crippen molar-refractivity contribution in [2.24, 2.45) is 0 Å². The number of nitrogens with one attached hydrogen (secondary N) is 1. The molecule has 16 heteroatoms. The molecule has 1 unspecified atom stereocenters. The smallest absolute Gasteiger partial charge is 0.409 e. The molecule has 0 saturated heterocycles. The number of amides is 1. The molecule has 0 aromatic carbocycles. The highest BCUT2D eigenvalue weighted by Gasteiger charge is 2.37. The fourth-order valence-electron chi connectivity index (χ4n) is 2.93. The summed E-state index contributed by atoms with van der Waals surface area (Å²) >= 11 is 18.3. The molecule has 3 aromatic rings. The minimum Gasteiger partial charge on any atom is -0.445 e. The summed E-state index contributed by atoms with van der Waals surface area (Å²) in [5.41, 5.74) is 0.764. The molecule has 0 aliphatic heterocycles. The second-order valence-corrected chi connectivity index (χ2v) is 9.08. The number of rotatable bonds is 7. The monoisotopic (exact) mass is 505 g/mol. The number of imidazole rings is 2. The Labute approximate surface area is 196 Å². The van der Waals surface area contributed by atoms with E-state index in [1.807, 2.05) is 0 Å². The number of halogens is 3. The van der Waals surface area contributed by atoms with Crippen LogP contribution in [0.2, 0.25) is 0 Å². The standard InChI is InChI=1S/C16H18Cl3N9O4/c1-9-20-6-10(28(30)31)26(9)4-5-32-15(29)24-14(16(17,18)19)27-8-23-11-12(25(2)3)21-7-22-13(11)27/h6-8,14H,4-5H2,1-3H3,(H,24,29). The highest BCUT2D eigenvalue weighted by Crippen LogP contribution is 2.38. The molecule has 3 heterocycles. The number of alkyl carbamates (subject to hydrolysis) is 1. The van der Waals surface area contributed by atoms with E-state index in [1.165, 1.54) is 21.8 Å². The first-order chi connectivity index (χ1) is 15.0. The summed E-state index contributed by atoms with van der Waals surface area (Å²) in [4.78, 5) is 41.1. The summed E-state index contributed by atoms with van der Waals surface area (Å²) in [6, 6.07) is 0. The van der Waals surface area contributed by atoms with Crippen molar-refractivity contribution in [3.05, 3.63) is 34.8 Å². The van der Waals surface area contributed by atoms with Gasteiger partial charge in [0.2, 0.25) is 3.79 Å². The summed E-state index contributed by atoms with van der Waals surface area (Å²) in [6.45, 7) is 1.43. The lowest BCUT2D eigenvalue weighted by Crippen LogP contribution is -2.40. The molecule has 0 radical (unpaired) electrons. The Kier molecular flexibility index (Phi) is 6.91. The molecule has 1 N–H and O–H groups in total. The molecule has 13 nitrogen and oxygen atoms in total. The van der Waals surface area contributed by atoms with Crippen LogP contribution in [0.5, 0.6) is 0 Å². The minimum absolute atomic E-state index is 0.0153. The van der Waals surface area contributed by atoms with Crippen LogP contribution in [0.3, 0.4) is 0 Å². The van der Waals surface area contributed by atoms with Crippen LogP contribution in [0.15, 0.2) is 18.9 Å². The van der Waals surface area contributed by atoms with Crippen LogP contribution in [0, 0.1) is 17.0 Å². The highest BCUT2D eigenvalue weighted by atomic mass is 35.6. The maximum Gasteiger partial charge on any atom is 0.409 e. The van der Waals surface area contributed by atoms with Gasteiger partial charge in [0, 0.05) is 21.0 Å². The van der Waals surface area contributed by atoms with E-state index in [2.05, 4.69) is 25.3 Å². The normalized spacial score (nSPS) is 12.6. The summed E-state index contributed by atoms with van der Waals surface area (Å²) in [6.07, 6.45) is 1.67. The third kappa shape index (κ3) is 4.95. The summed E-state index contributed by atoms with van der Waals surface area (Å²) in [5, 5.41) is 13.5. The zero-order valence-corrected chi connectivity index (χ0v) is 19.3. The van der Waals surface area contributed by atoms with Crippen LogP contribution in [-0.4, -0.2) is 64.6 Å². The number of hydrogen-bond acceptors (Lipinski definition) is 9. The molecular weight excluding hydrogens is 489 g/mol. The van der Waals surface area contributed by atoms with Crippen molar-refractivity contribution in [3.63, 3.8) is 0 Å². The topological polar surface area (TPSA) is 146 Å². The zero-order chi connectivity index (χ0) is 23.6. The van der Waals surface area contributed by atoms with E-state index < -0.39 is 21.0 Å².